The van der Waals surface area contributed by atoms with Gasteiger partial charge in [0.1, 0.15) is 0 Å². The van der Waals surface area contributed by atoms with E-state index in [0.29, 0.717) is 23.8 Å². The van der Waals surface area contributed by atoms with Crippen molar-refractivity contribution in [2.75, 3.05) is 44.2 Å². The molecule has 30 heavy (non-hydrogen) atoms. The number of hydrogen-bond acceptors (Lipinski definition) is 4. The molecule has 1 fully saturated rings. The monoisotopic (exact) mass is 489 g/mol. The van der Waals surface area contributed by atoms with Gasteiger partial charge in [0.2, 0.25) is 0 Å². The van der Waals surface area contributed by atoms with Crippen molar-refractivity contribution in [3.63, 3.8) is 0 Å². The lowest BCUT2D eigenvalue weighted by Gasteiger charge is -2.35. The Hall–Kier alpha value is -1.34. The van der Waals surface area contributed by atoms with Gasteiger partial charge in [-0.25, -0.2) is 0 Å². The quantitative estimate of drug-likeness (QED) is 0.589. The number of amides is 1. The van der Waals surface area contributed by atoms with Crippen LogP contribution in [-0.4, -0.2) is 60.8 Å². The summed E-state index contributed by atoms with van der Waals surface area (Å²) in [6.07, 6.45) is 0. The molecule has 0 saturated carbocycles. The van der Waals surface area contributed by atoms with E-state index in [9.17, 15) is 9.59 Å². The standard InChI is InChI=1S/C21H21Cl2N3O2.2ClH/c22-16-6-7-17(23)19-18(16)20(27)21(28)26(19)13-12-24-8-10-25(11-9-24)14-15-4-2-1-3-5-15;;/h1-7H,8-14H2;2*1H. The van der Waals surface area contributed by atoms with Crippen molar-refractivity contribution in [2.24, 2.45) is 0 Å². The minimum absolute atomic E-state index is 0. The molecule has 0 radical (unpaired) electrons. The molecule has 9 heteroatoms. The normalized spacial score (nSPS) is 16.8. The maximum Gasteiger partial charge on any atom is 0.299 e. The van der Waals surface area contributed by atoms with Gasteiger partial charge in [-0.2, -0.15) is 0 Å². The van der Waals surface area contributed by atoms with Gasteiger partial charge in [0.05, 0.1) is 21.3 Å². The van der Waals surface area contributed by atoms with E-state index >= 15 is 0 Å². The smallest absolute Gasteiger partial charge is 0.299 e. The van der Waals surface area contributed by atoms with E-state index in [4.69, 9.17) is 23.2 Å². The first kappa shape index (κ1) is 24.9. The Kier molecular flexibility index (Phi) is 8.98. The summed E-state index contributed by atoms with van der Waals surface area (Å²) in [5, 5.41) is 0.654. The number of anilines is 1. The fraction of sp³-hybridized carbons (Fsp3) is 0.333. The van der Waals surface area contributed by atoms with Crippen LogP contribution in [0.1, 0.15) is 15.9 Å². The van der Waals surface area contributed by atoms with E-state index in [2.05, 4.69) is 34.1 Å². The summed E-state index contributed by atoms with van der Waals surface area (Å²) in [5.74, 6) is -1.12. The fourth-order valence-electron chi connectivity index (χ4n) is 3.82. The summed E-state index contributed by atoms with van der Waals surface area (Å²) < 4.78 is 0. The maximum atomic E-state index is 12.4. The second kappa shape index (κ2) is 10.8. The molecule has 4 rings (SSSR count). The van der Waals surface area contributed by atoms with Crippen LogP contribution < -0.4 is 4.90 Å². The van der Waals surface area contributed by atoms with Crippen LogP contribution in [0.25, 0.3) is 0 Å². The third-order valence-corrected chi connectivity index (χ3v) is 5.99. The van der Waals surface area contributed by atoms with E-state index in [1.54, 1.807) is 12.1 Å². The van der Waals surface area contributed by atoms with Crippen LogP contribution in [0.2, 0.25) is 10.0 Å². The molecular weight excluding hydrogens is 468 g/mol. The highest BCUT2D eigenvalue weighted by molar-refractivity contribution is 6.57. The minimum atomic E-state index is -0.574. The molecule has 2 aliphatic heterocycles. The second-order valence-electron chi connectivity index (χ2n) is 7.14. The lowest BCUT2D eigenvalue weighted by Crippen LogP contribution is -2.48. The van der Waals surface area contributed by atoms with Crippen molar-refractivity contribution < 1.29 is 9.59 Å². The summed E-state index contributed by atoms with van der Waals surface area (Å²) in [5.41, 5.74) is 2.00. The molecular formula is C21H23Cl4N3O2. The zero-order valence-corrected chi connectivity index (χ0v) is 19.4. The molecule has 0 unspecified atom stereocenters. The Morgan fingerprint density at radius 3 is 2.03 bits per heavy atom. The predicted octanol–water partition coefficient (Wildman–Crippen LogP) is 4.18. The van der Waals surface area contributed by atoms with Gasteiger partial charge in [0.15, 0.2) is 0 Å². The second-order valence-corrected chi connectivity index (χ2v) is 7.96. The van der Waals surface area contributed by atoms with E-state index in [1.807, 2.05) is 6.07 Å². The molecule has 1 saturated heterocycles. The number of Topliss-reactive ketones (excluding diaryl/α,β-unsaturated/α-hetero) is 1. The summed E-state index contributed by atoms with van der Waals surface area (Å²) in [7, 11) is 0. The molecule has 2 aliphatic rings. The van der Waals surface area contributed by atoms with Crippen molar-refractivity contribution in [3.8, 4) is 0 Å². The average Bonchev–Trinajstić information content (AvgIpc) is 2.97. The van der Waals surface area contributed by atoms with Crippen molar-refractivity contribution in [2.45, 2.75) is 6.54 Å². The van der Waals surface area contributed by atoms with Crippen LogP contribution in [-0.2, 0) is 11.3 Å². The number of piperazine rings is 1. The van der Waals surface area contributed by atoms with Gasteiger partial charge in [0, 0.05) is 45.8 Å². The first-order valence-corrected chi connectivity index (χ1v) is 10.1. The van der Waals surface area contributed by atoms with E-state index in [0.717, 1.165) is 32.7 Å². The molecule has 2 aromatic rings. The van der Waals surface area contributed by atoms with Crippen LogP contribution in [0.5, 0.6) is 0 Å². The SMILES string of the molecule is Cl.Cl.O=C1C(=O)N(CCN2CCN(Cc3ccccc3)CC2)c2c(Cl)ccc(Cl)c21. The molecule has 0 spiro atoms. The number of hydrogen-bond donors (Lipinski definition) is 0. The number of ketones is 1. The Labute approximate surface area is 198 Å². The zero-order valence-electron chi connectivity index (χ0n) is 16.2. The Balaban J connectivity index is 0.00000160. The first-order chi connectivity index (χ1) is 13.5. The summed E-state index contributed by atoms with van der Waals surface area (Å²) in [4.78, 5) is 30.9. The van der Waals surface area contributed by atoms with Crippen LogP contribution in [0.4, 0.5) is 5.69 Å². The topological polar surface area (TPSA) is 43.9 Å². The molecule has 162 valence electrons. The van der Waals surface area contributed by atoms with Crippen LogP contribution in [0, 0.1) is 0 Å². The highest BCUT2D eigenvalue weighted by atomic mass is 35.5. The molecule has 5 nitrogen and oxygen atoms in total. The summed E-state index contributed by atoms with van der Waals surface area (Å²) in [6, 6.07) is 13.6. The van der Waals surface area contributed by atoms with Gasteiger partial charge in [-0.15, -0.1) is 24.8 Å². The van der Waals surface area contributed by atoms with E-state index in [-0.39, 0.29) is 35.4 Å². The minimum Gasteiger partial charge on any atom is -0.302 e. The number of fused-ring (bicyclic) bond motifs is 1. The van der Waals surface area contributed by atoms with Gasteiger partial charge in [-0.1, -0.05) is 53.5 Å². The molecule has 0 aliphatic carbocycles. The van der Waals surface area contributed by atoms with Crippen LogP contribution in [0.3, 0.4) is 0 Å². The Bertz CT molecular complexity index is 903. The lowest BCUT2D eigenvalue weighted by atomic mass is 10.1. The molecule has 0 N–H and O–H groups in total. The summed E-state index contributed by atoms with van der Waals surface area (Å²) in [6.45, 7) is 5.89. The number of halogens is 4. The van der Waals surface area contributed by atoms with Crippen molar-refractivity contribution in [3.05, 3.63) is 63.6 Å². The third kappa shape index (κ3) is 5.10. The number of benzene rings is 2. The van der Waals surface area contributed by atoms with Gasteiger partial charge in [0.25, 0.3) is 11.7 Å². The largest absolute Gasteiger partial charge is 0.302 e. The van der Waals surface area contributed by atoms with Gasteiger partial charge >= 0.3 is 0 Å². The zero-order chi connectivity index (χ0) is 19.7. The molecule has 2 heterocycles. The molecule has 0 bridgehead atoms. The Morgan fingerprint density at radius 2 is 1.37 bits per heavy atom. The summed E-state index contributed by atoms with van der Waals surface area (Å²) >= 11 is 12.4. The molecule has 0 atom stereocenters. The van der Waals surface area contributed by atoms with Gasteiger partial charge < -0.3 is 4.90 Å². The van der Waals surface area contributed by atoms with Crippen LogP contribution >= 0.6 is 48.0 Å². The maximum absolute atomic E-state index is 12.4. The van der Waals surface area contributed by atoms with Crippen molar-refractivity contribution in [1.29, 1.82) is 0 Å². The highest BCUT2D eigenvalue weighted by Crippen LogP contribution is 2.39. The van der Waals surface area contributed by atoms with E-state index < -0.39 is 11.7 Å². The fourth-order valence-corrected chi connectivity index (χ4v) is 4.32. The average molecular weight is 491 g/mol. The number of rotatable bonds is 5. The van der Waals surface area contributed by atoms with Gasteiger partial charge in [-0.3, -0.25) is 19.4 Å². The van der Waals surface area contributed by atoms with Crippen molar-refractivity contribution >= 4 is 65.4 Å². The molecule has 2 aromatic carbocycles. The third-order valence-electron chi connectivity index (χ3n) is 5.37. The number of carbonyl (C=O) groups is 2. The lowest BCUT2D eigenvalue weighted by molar-refractivity contribution is -0.114. The predicted molar refractivity (Wildman–Crippen MR) is 126 cm³/mol. The number of carbonyl (C=O) groups excluding carboxylic acids is 2. The molecule has 1 amide bonds. The first-order valence-electron chi connectivity index (χ1n) is 9.37. The van der Waals surface area contributed by atoms with Crippen LogP contribution in [0.15, 0.2) is 42.5 Å². The number of nitrogens with zero attached hydrogens (tertiary/aromatic N) is 3. The van der Waals surface area contributed by atoms with E-state index in [1.165, 1.54) is 10.5 Å². The Morgan fingerprint density at radius 1 is 0.767 bits per heavy atom. The van der Waals surface area contributed by atoms with Crippen molar-refractivity contribution in [1.82, 2.24) is 9.80 Å². The highest BCUT2D eigenvalue weighted by Gasteiger charge is 2.39. The van der Waals surface area contributed by atoms with Gasteiger partial charge in [-0.05, 0) is 17.7 Å². The molecule has 0 aromatic heterocycles.